The number of nitrogens with zero attached hydrogens (tertiary/aromatic N) is 3. The van der Waals surface area contributed by atoms with Gasteiger partial charge >= 0.3 is 13.3 Å². The zero-order valence-electron chi connectivity index (χ0n) is 23.5. The predicted octanol–water partition coefficient (Wildman–Crippen LogP) is 4.04. The van der Waals surface area contributed by atoms with E-state index in [2.05, 4.69) is 10.3 Å². The number of likely N-dealkylation sites (tertiary alicyclic amines) is 1. The molecule has 1 aliphatic carbocycles. The number of benzene rings is 1. The number of aromatic nitrogens is 1. The number of carbonyl (C=O) groups is 3. The first-order valence-corrected chi connectivity index (χ1v) is 17.1. The predicted molar refractivity (Wildman–Crippen MR) is 157 cm³/mol. The van der Waals surface area contributed by atoms with Gasteiger partial charge in [-0.3, -0.25) is 23.9 Å². The van der Waals surface area contributed by atoms with Gasteiger partial charge in [0.25, 0.3) is 5.91 Å². The van der Waals surface area contributed by atoms with Gasteiger partial charge in [-0.05, 0) is 79.2 Å². The van der Waals surface area contributed by atoms with Gasteiger partial charge in [-0.25, -0.2) is 0 Å². The first kappa shape index (κ1) is 29.5. The van der Waals surface area contributed by atoms with E-state index in [0.29, 0.717) is 42.5 Å². The van der Waals surface area contributed by atoms with Gasteiger partial charge in [0.05, 0.1) is 4.88 Å². The Labute approximate surface area is 255 Å². The average molecular weight is 645 g/mol. The fraction of sp³-hybridized carbons (Fsp3) is 0.467. The van der Waals surface area contributed by atoms with Gasteiger partial charge in [0, 0.05) is 47.7 Å². The van der Waals surface area contributed by atoms with Gasteiger partial charge in [0.2, 0.25) is 11.8 Å². The maximum Gasteiger partial charge on any atom is 0.399 e. The van der Waals surface area contributed by atoms with E-state index in [9.17, 15) is 27.7 Å². The van der Waals surface area contributed by atoms with Gasteiger partial charge in [-0.15, -0.1) is 11.3 Å². The first-order valence-electron chi connectivity index (χ1n) is 14.7. The van der Waals surface area contributed by atoms with Crippen molar-refractivity contribution < 1.29 is 37.5 Å². The van der Waals surface area contributed by atoms with Crippen LogP contribution in [-0.4, -0.2) is 73.5 Å². The molecule has 4 aliphatic rings. The van der Waals surface area contributed by atoms with Crippen molar-refractivity contribution >= 4 is 46.7 Å². The summed E-state index contributed by atoms with van der Waals surface area (Å²) >= 11 is 1.04. The van der Waals surface area contributed by atoms with E-state index < -0.39 is 36.8 Å². The second kappa shape index (κ2) is 10.7. The monoisotopic (exact) mass is 644 g/mol. The molecule has 0 bridgehead atoms. The minimum absolute atomic E-state index is 0.0556. The highest BCUT2D eigenvalue weighted by Gasteiger charge is 2.53. The first-order chi connectivity index (χ1) is 20.9. The van der Waals surface area contributed by atoms with E-state index in [0.717, 1.165) is 48.3 Å². The molecule has 3 saturated heterocycles. The summed E-state index contributed by atoms with van der Waals surface area (Å²) in [6, 6.07) is 7.01. The number of thiophene rings is 1. The van der Waals surface area contributed by atoms with Gasteiger partial charge in [-0.2, -0.15) is 8.78 Å². The van der Waals surface area contributed by atoms with Crippen molar-refractivity contribution in [2.45, 2.75) is 61.8 Å². The fourth-order valence-electron chi connectivity index (χ4n) is 7.07. The molecule has 3 aliphatic heterocycles. The highest BCUT2D eigenvalue weighted by Crippen LogP contribution is 2.59. The van der Waals surface area contributed by atoms with Crippen LogP contribution in [0.5, 0.6) is 0 Å². The van der Waals surface area contributed by atoms with Crippen molar-refractivity contribution in [2.24, 2.45) is 11.8 Å². The van der Waals surface area contributed by atoms with Crippen molar-refractivity contribution in [1.82, 2.24) is 20.1 Å². The Bertz CT molecular complexity index is 1690. The molecule has 4 fully saturated rings. The molecule has 5 heterocycles. The van der Waals surface area contributed by atoms with Crippen LogP contribution in [0.25, 0.3) is 10.1 Å². The Morgan fingerprint density at radius 3 is 2.57 bits per heavy atom. The summed E-state index contributed by atoms with van der Waals surface area (Å²) in [5.74, 6) is 0.113. The van der Waals surface area contributed by atoms with Crippen molar-refractivity contribution in [2.75, 3.05) is 13.1 Å². The average Bonchev–Trinajstić information content (AvgIpc) is 3.33. The second-order valence-electron chi connectivity index (χ2n) is 12.4. The number of alkyl halides is 2. The third kappa shape index (κ3) is 5.13. The standard InChI is InChI=1S/C30H31F2N4O6PS/c31-30(32,43(40,41)42)21-3-6-25-19(9-21)12-26(44-25)27(37)34-23-11-18-8-17(18)10-22-4-5-24(36(22)28(23)38)29(39)35-14-20(15-35)16-2-1-7-33-13-16/h1-3,6-7,9,12-13,17-18,20,22-24H,4-5,8,10-11,14-15H2,(H,34,37)(H2,40,41,42)/t17-,18+,22-,23+,24+/m1/s1. The summed E-state index contributed by atoms with van der Waals surface area (Å²) in [6.07, 6.45) is 7.15. The van der Waals surface area contributed by atoms with E-state index in [1.165, 1.54) is 12.1 Å². The summed E-state index contributed by atoms with van der Waals surface area (Å²) in [5, 5.41) is 3.11. The van der Waals surface area contributed by atoms with E-state index >= 15 is 0 Å². The van der Waals surface area contributed by atoms with Crippen LogP contribution < -0.4 is 5.32 Å². The lowest BCUT2D eigenvalue weighted by Gasteiger charge is -2.43. The summed E-state index contributed by atoms with van der Waals surface area (Å²) < 4.78 is 40.4. The number of carbonyl (C=O) groups excluding carboxylic acids is 3. The Morgan fingerprint density at radius 1 is 1.07 bits per heavy atom. The minimum Gasteiger partial charge on any atom is -0.340 e. The van der Waals surface area contributed by atoms with Gasteiger partial charge < -0.3 is 24.9 Å². The van der Waals surface area contributed by atoms with Gasteiger partial charge in [-0.1, -0.05) is 12.1 Å². The summed E-state index contributed by atoms with van der Waals surface area (Å²) in [6.45, 7) is 1.15. The number of nitrogens with one attached hydrogen (secondary N) is 1. The Kier molecular flexibility index (Phi) is 7.15. The van der Waals surface area contributed by atoms with Crippen molar-refractivity contribution in [3.8, 4) is 0 Å². The second-order valence-corrected chi connectivity index (χ2v) is 15.2. The maximum absolute atomic E-state index is 14.3. The normalized spacial score (nSPS) is 27.3. The van der Waals surface area contributed by atoms with Crippen molar-refractivity contribution in [3.05, 3.63) is 64.8 Å². The van der Waals surface area contributed by atoms with Crippen LogP contribution in [0, 0.1) is 11.8 Å². The van der Waals surface area contributed by atoms with Crippen molar-refractivity contribution in [3.63, 3.8) is 0 Å². The zero-order chi connectivity index (χ0) is 31.0. The molecular formula is C30H31F2N4O6PS. The topological polar surface area (TPSA) is 140 Å². The molecule has 2 aromatic heterocycles. The molecule has 3 N–H and O–H groups in total. The lowest BCUT2D eigenvalue weighted by molar-refractivity contribution is -0.149. The van der Waals surface area contributed by atoms with Crippen molar-refractivity contribution in [1.29, 1.82) is 0 Å². The number of hydrogen-bond donors (Lipinski definition) is 3. The molecule has 3 aromatic rings. The van der Waals surface area contributed by atoms with E-state index in [4.69, 9.17) is 9.79 Å². The van der Waals surface area contributed by atoms with E-state index in [-0.39, 0.29) is 34.0 Å². The maximum atomic E-state index is 14.3. The molecule has 0 unspecified atom stereocenters. The van der Waals surface area contributed by atoms with Gasteiger partial charge in [0.1, 0.15) is 12.1 Å². The van der Waals surface area contributed by atoms with Crippen LogP contribution in [0.4, 0.5) is 8.78 Å². The van der Waals surface area contributed by atoms with Crippen LogP contribution in [-0.2, 0) is 19.8 Å². The van der Waals surface area contributed by atoms with Gasteiger partial charge in [0.15, 0.2) is 0 Å². The summed E-state index contributed by atoms with van der Waals surface area (Å²) in [7, 11) is -5.75. The zero-order valence-corrected chi connectivity index (χ0v) is 25.2. The molecule has 14 heteroatoms. The molecule has 5 atom stereocenters. The SMILES string of the molecule is O=C(N[C@H]1C[C@@H]2C[C@@H]2C[C@H]2CC[C@@H](C(=O)N3CC(c4cccnc4)C3)N2C1=O)c1cc2cc(C(F)(F)P(=O)(O)O)ccc2s1. The number of pyridine rings is 1. The summed E-state index contributed by atoms with van der Waals surface area (Å²) in [4.78, 5) is 67.2. The minimum atomic E-state index is -5.75. The molecule has 1 aromatic carbocycles. The molecule has 3 amide bonds. The smallest absolute Gasteiger partial charge is 0.340 e. The molecule has 232 valence electrons. The number of amides is 3. The van der Waals surface area contributed by atoms with Crippen LogP contribution in [0.2, 0.25) is 0 Å². The lowest BCUT2D eigenvalue weighted by Crippen LogP contribution is -2.59. The number of hydrogen-bond acceptors (Lipinski definition) is 6. The highest BCUT2D eigenvalue weighted by atomic mass is 32.1. The quantitative estimate of drug-likeness (QED) is 0.344. The van der Waals surface area contributed by atoms with Crippen LogP contribution >= 0.6 is 18.9 Å². The Morgan fingerprint density at radius 2 is 1.84 bits per heavy atom. The number of fused-ring (bicyclic) bond motifs is 3. The molecule has 1 saturated carbocycles. The number of rotatable bonds is 6. The lowest BCUT2D eigenvalue weighted by atomic mass is 9.92. The number of halogens is 2. The Balaban J connectivity index is 1.08. The van der Waals surface area contributed by atoms with E-state index in [1.807, 2.05) is 18.3 Å². The molecule has 7 rings (SSSR count). The molecule has 0 radical (unpaired) electrons. The fourth-order valence-corrected chi connectivity index (χ4v) is 8.49. The van der Waals surface area contributed by atoms with Crippen LogP contribution in [0.15, 0.2) is 48.8 Å². The molecule has 10 nitrogen and oxygen atoms in total. The third-order valence-electron chi connectivity index (χ3n) is 9.63. The molecule has 44 heavy (non-hydrogen) atoms. The molecular weight excluding hydrogens is 613 g/mol. The van der Waals surface area contributed by atoms with E-state index in [1.54, 1.807) is 16.0 Å². The molecule has 0 spiro atoms. The summed E-state index contributed by atoms with van der Waals surface area (Å²) in [5.41, 5.74) is -4.13. The Hall–Kier alpha value is -3.25. The van der Waals surface area contributed by atoms with Crippen LogP contribution in [0.1, 0.15) is 58.8 Å². The van der Waals surface area contributed by atoms with Crippen LogP contribution in [0.3, 0.4) is 0 Å². The highest BCUT2D eigenvalue weighted by molar-refractivity contribution is 7.52. The largest absolute Gasteiger partial charge is 0.399 e. The third-order valence-corrected chi connectivity index (χ3v) is 11.7.